The lowest BCUT2D eigenvalue weighted by atomic mass is 9.77. The van der Waals surface area contributed by atoms with E-state index in [0.29, 0.717) is 23.7 Å². The van der Waals surface area contributed by atoms with Crippen molar-refractivity contribution in [2.24, 2.45) is 5.92 Å². The van der Waals surface area contributed by atoms with Crippen LogP contribution in [0.3, 0.4) is 0 Å². The maximum atomic E-state index is 12.7. The van der Waals surface area contributed by atoms with E-state index in [9.17, 15) is 19.2 Å². The van der Waals surface area contributed by atoms with E-state index in [-0.39, 0.29) is 24.5 Å². The summed E-state index contributed by atoms with van der Waals surface area (Å²) in [6, 6.07) is -0.592. The molecule has 5 amide bonds. The first-order chi connectivity index (χ1) is 12.4. The van der Waals surface area contributed by atoms with Crippen LogP contribution in [0.5, 0.6) is 0 Å². The first-order valence-electron chi connectivity index (χ1n) is 9.50. The summed E-state index contributed by atoms with van der Waals surface area (Å²) < 4.78 is 0. The number of urea groups is 1. The number of carbonyl (C=O) groups excluding carboxylic acids is 4. The molecule has 0 radical (unpaired) electrons. The maximum absolute atomic E-state index is 12.7. The predicted molar refractivity (Wildman–Crippen MR) is 98.4 cm³/mol. The van der Waals surface area contributed by atoms with Crippen molar-refractivity contribution in [1.82, 2.24) is 21.1 Å². The molecule has 0 aromatic heterocycles. The van der Waals surface area contributed by atoms with Crippen molar-refractivity contribution in [3.8, 4) is 0 Å². The van der Waals surface area contributed by atoms with Crippen LogP contribution in [0.25, 0.3) is 0 Å². The molecule has 1 atom stereocenters. The van der Waals surface area contributed by atoms with Gasteiger partial charge in [-0.25, -0.2) is 4.79 Å². The highest BCUT2D eigenvalue weighted by Crippen LogP contribution is 2.35. The summed E-state index contributed by atoms with van der Waals surface area (Å²) in [6.07, 6.45) is 2.90. The average Bonchev–Trinajstić information content (AvgIpc) is 2.72. The van der Waals surface area contributed by atoms with Crippen molar-refractivity contribution in [3.63, 3.8) is 0 Å². The molecule has 0 bridgehead atoms. The first-order valence-corrected chi connectivity index (χ1v) is 9.50. The smallest absolute Gasteiger partial charge is 0.344 e. The Morgan fingerprint density at radius 3 is 2.30 bits per heavy atom. The van der Waals surface area contributed by atoms with Crippen LogP contribution in [0.2, 0.25) is 0 Å². The number of hydrazine groups is 1. The number of carbonyl (C=O) groups is 4. The SMILES string of the molecule is CC1CCC2(CC1)NC(=O)N(NC(=O)C[NH+](C)CC(=O)NC(C)(C)C)C2=O. The topological polar surface area (TPSA) is 112 Å². The minimum Gasteiger partial charge on any atom is -0.347 e. The summed E-state index contributed by atoms with van der Waals surface area (Å²) in [5.41, 5.74) is 1.17. The number of quaternary nitrogens is 1. The summed E-state index contributed by atoms with van der Waals surface area (Å²) >= 11 is 0. The van der Waals surface area contributed by atoms with Gasteiger partial charge in [0.15, 0.2) is 13.1 Å². The summed E-state index contributed by atoms with van der Waals surface area (Å²) in [6.45, 7) is 7.86. The molecular formula is C18H32N5O4+. The van der Waals surface area contributed by atoms with Crippen LogP contribution in [-0.4, -0.2) is 60.0 Å². The maximum Gasteiger partial charge on any atom is 0.344 e. The lowest BCUT2D eigenvalue weighted by molar-refractivity contribution is -0.862. The first kappa shape index (κ1) is 21.1. The van der Waals surface area contributed by atoms with Crippen LogP contribution >= 0.6 is 0 Å². The molecule has 1 aliphatic heterocycles. The van der Waals surface area contributed by atoms with Gasteiger partial charge in [0.1, 0.15) is 5.54 Å². The molecule has 27 heavy (non-hydrogen) atoms. The van der Waals surface area contributed by atoms with Crippen molar-refractivity contribution in [3.05, 3.63) is 0 Å². The van der Waals surface area contributed by atoms with Gasteiger partial charge in [0, 0.05) is 5.54 Å². The van der Waals surface area contributed by atoms with Gasteiger partial charge in [-0.15, -0.1) is 0 Å². The van der Waals surface area contributed by atoms with Gasteiger partial charge in [-0.3, -0.25) is 19.8 Å². The van der Waals surface area contributed by atoms with Gasteiger partial charge in [0.05, 0.1) is 7.05 Å². The number of rotatable bonds is 5. The number of amides is 5. The number of nitrogens with one attached hydrogen (secondary N) is 4. The molecule has 4 N–H and O–H groups in total. The summed E-state index contributed by atoms with van der Waals surface area (Å²) in [5, 5.41) is 6.38. The largest absolute Gasteiger partial charge is 0.347 e. The molecule has 1 saturated heterocycles. The Bertz CT molecular complexity index is 620. The van der Waals surface area contributed by atoms with E-state index in [1.165, 1.54) is 0 Å². The second-order valence-corrected chi connectivity index (χ2v) is 8.98. The van der Waals surface area contributed by atoms with Gasteiger partial charge < -0.3 is 15.5 Å². The number of imide groups is 1. The minimum atomic E-state index is -0.887. The fraction of sp³-hybridized carbons (Fsp3) is 0.778. The predicted octanol–water partition coefficient (Wildman–Crippen LogP) is -1.05. The Hall–Kier alpha value is -2.16. The number of hydrogen-bond donors (Lipinski definition) is 4. The van der Waals surface area contributed by atoms with Gasteiger partial charge in [0.2, 0.25) is 0 Å². The van der Waals surface area contributed by atoms with E-state index < -0.39 is 23.4 Å². The van der Waals surface area contributed by atoms with Crippen LogP contribution < -0.4 is 21.0 Å². The fourth-order valence-corrected chi connectivity index (χ4v) is 3.55. The Labute approximate surface area is 160 Å². The van der Waals surface area contributed by atoms with Gasteiger partial charge in [0.25, 0.3) is 17.7 Å². The number of likely N-dealkylation sites (N-methyl/N-ethyl adjacent to an activating group) is 1. The third kappa shape index (κ3) is 5.41. The van der Waals surface area contributed by atoms with Crippen LogP contribution in [-0.2, 0) is 14.4 Å². The Balaban J connectivity index is 1.87. The standard InChI is InChI=1S/C18H31N5O4/c1-12-6-8-18(9-7-12)15(26)23(16(27)20-18)21-14(25)11-22(5)10-13(24)19-17(2,3)4/h12H,6-11H2,1-5H3,(H,19,24)(H,20,27)(H,21,25)/p+1. The van der Waals surface area contributed by atoms with Crippen molar-refractivity contribution in [2.75, 3.05) is 20.1 Å². The molecule has 0 aromatic carbocycles. The van der Waals surface area contributed by atoms with E-state index in [1.54, 1.807) is 7.05 Å². The lowest BCUT2D eigenvalue weighted by Crippen LogP contribution is -3.11. The highest BCUT2D eigenvalue weighted by atomic mass is 16.2. The Kier molecular flexibility index (Phi) is 6.14. The van der Waals surface area contributed by atoms with Crippen LogP contribution in [0, 0.1) is 5.92 Å². The van der Waals surface area contributed by atoms with Gasteiger partial charge >= 0.3 is 6.03 Å². The highest BCUT2D eigenvalue weighted by molar-refractivity contribution is 6.08. The Morgan fingerprint density at radius 1 is 1.19 bits per heavy atom. The molecule has 9 heteroatoms. The fourth-order valence-electron chi connectivity index (χ4n) is 3.55. The minimum absolute atomic E-state index is 0.0291. The number of hydrogen-bond acceptors (Lipinski definition) is 4. The van der Waals surface area contributed by atoms with Crippen LogP contribution in [0.1, 0.15) is 53.4 Å². The molecule has 1 spiro atoms. The van der Waals surface area contributed by atoms with Crippen molar-refractivity contribution in [1.29, 1.82) is 0 Å². The zero-order chi connectivity index (χ0) is 20.4. The molecule has 2 aliphatic rings. The lowest BCUT2D eigenvalue weighted by Gasteiger charge is -2.33. The monoisotopic (exact) mass is 382 g/mol. The van der Waals surface area contributed by atoms with Crippen molar-refractivity contribution >= 4 is 23.8 Å². The third-order valence-corrected chi connectivity index (χ3v) is 4.97. The average molecular weight is 382 g/mol. The highest BCUT2D eigenvalue weighted by Gasteiger charge is 2.53. The van der Waals surface area contributed by atoms with Gasteiger partial charge in [-0.2, -0.15) is 5.01 Å². The van der Waals surface area contributed by atoms with E-state index in [1.807, 2.05) is 20.8 Å². The third-order valence-electron chi connectivity index (χ3n) is 4.97. The van der Waals surface area contributed by atoms with E-state index >= 15 is 0 Å². The summed E-state index contributed by atoms with van der Waals surface area (Å²) in [7, 11) is 1.71. The number of nitrogens with zero attached hydrogens (tertiary/aromatic N) is 1. The summed E-state index contributed by atoms with van der Waals surface area (Å²) in [4.78, 5) is 49.8. The molecule has 1 aliphatic carbocycles. The summed E-state index contributed by atoms with van der Waals surface area (Å²) in [5.74, 6) is -0.518. The molecule has 2 rings (SSSR count). The second-order valence-electron chi connectivity index (χ2n) is 8.98. The molecule has 0 aromatic rings. The molecule has 1 heterocycles. The van der Waals surface area contributed by atoms with E-state index in [2.05, 4.69) is 23.0 Å². The van der Waals surface area contributed by atoms with Crippen molar-refractivity contribution < 1.29 is 24.1 Å². The second kappa shape index (κ2) is 7.84. The zero-order valence-electron chi connectivity index (χ0n) is 16.9. The van der Waals surface area contributed by atoms with Crippen molar-refractivity contribution in [2.45, 2.75) is 64.5 Å². The normalized spacial score (nSPS) is 26.7. The molecule has 1 saturated carbocycles. The molecule has 152 valence electrons. The van der Waals surface area contributed by atoms with Gasteiger partial charge in [-0.1, -0.05) is 6.92 Å². The molecule has 2 fully saturated rings. The Morgan fingerprint density at radius 2 is 1.74 bits per heavy atom. The van der Waals surface area contributed by atoms with Gasteiger partial charge in [-0.05, 0) is 52.4 Å². The quantitative estimate of drug-likeness (QED) is 0.455. The molecule has 1 unspecified atom stereocenters. The zero-order valence-corrected chi connectivity index (χ0v) is 16.9. The van der Waals surface area contributed by atoms with E-state index in [4.69, 9.17) is 0 Å². The van der Waals surface area contributed by atoms with E-state index in [0.717, 1.165) is 17.9 Å². The molecule has 9 nitrogen and oxygen atoms in total. The molecular weight excluding hydrogens is 350 g/mol. The van der Waals surface area contributed by atoms with Crippen LogP contribution in [0.15, 0.2) is 0 Å². The van der Waals surface area contributed by atoms with Crippen LogP contribution in [0.4, 0.5) is 4.79 Å².